The van der Waals surface area contributed by atoms with Crippen LogP contribution in [0.15, 0.2) is 58.6 Å². The van der Waals surface area contributed by atoms with Gasteiger partial charge in [0.1, 0.15) is 12.1 Å². The Morgan fingerprint density at radius 2 is 2.04 bits per heavy atom. The standard InChI is InChI=1S/C17H15F3N4O2S/c1-11(15(25)22-13-6-4-12(5-7-13)17(18,19)20)27-16-23-21-10-24(16)9-14-3-2-8-26-14/h2-8,10-11H,9H2,1H3,(H,22,25). The summed E-state index contributed by atoms with van der Waals surface area (Å²) in [5, 5.41) is 10.4. The van der Waals surface area contributed by atoms with Crippen LogP contribution in [-0.4, -0.2) is 25.9 Å². The summed E-state index contributed by atoms with van der Waals surface area (Å²) in [5.41, 5.74) is -0.480. The third-order valence-corrected chi connectivity index (χ3v) is 4.71. The molecular formula is C17H15F3N4O2S. The van der Waals surface area contributed by atoms with Gasteiger partial charge in [-0.25, -0.2) is 0 Å². The van der Waals surface area contributed by atoms with Crippen LogP contribution in [0.4, 0.5) is 18.9 Å². The first-order valence-corrected chi connectivity index (χ1v) is 8.76. The van der Waals surface area contributed by atoms with E-state index < -0.39 is 17.0 Å². The van der Waals surface area contributed by atoms with Crippen molar-refractivity contribution in [2.45, 2.75) is 30.1 Å². The van der Waals surface area contributed by atoms with E-state index in [0.717, 1.165) is 17.9 Å². The molecule has 1 atom stereocenters. The number of nitrogens with one attached hydrogen (secondary N) is 1. The van der Waals surface area contributed by atoms with Gasteiger partial charge in [-0.05, 0) is 43.3 Å². The first kappa shape index (κ1) is 19.0. The fraction of sp³-hybridized carbons (Fsp3) is 0.235. The summed E-state index contributed by atoms with van der Waals surface area (Å²) in [6.07, 6.45) is -1.32. The highest BCUT2D eigenvalue weighted by Crippen LogP contribution is 2.30. The minimum atomic E-state index is -4.41. The molecule has 0 fully saturated rings. The number of carbonyl (C=O) groups is 1. The number of hydrogen-bond donors (Lipinski definition) is 1. The first-order chi connectivity index (χ1) is 12.8. The molecule has 0 saturated heterocycles. The van der Waals surface area contributed by atoms with Gasteiger partial charge in [-0.15, -0.1) is 10.2 Å². The zero-order valence-electron chi connectivity index (χ0n) is 14.1. The van der Waals surface area contributed by atoms with E-state index in [-0.39, 0.29) is 11.6 Å². The Morgan fingerprint density at radius 1 is 1.30 bits per heavy atom. The van der Waals surface area contributed by atoms with Crippen molar-refractivity contribution in [3.05, 3.63) is 60.3 Å². The summed E-state index contributed by atoms with van der Waals surface area (Å²) in [5.74, 6) is 0.366. The van der Waals surface area contributed by atoms with E-state index in [1.807, 2.05) is 6.07 Å². The summed E-state index contributed by atoms with van der Waals surface area (Å²) >= 11 is 1.19. The van der Waals surface area contributed by atoms with Crippen molar-refractivity contribution in [1.29, 1.82) is 0 Å². The molecule has 3 aromatic rings. The van der Waals surface area contributed by atoms with Crippen molar-refractivity contribution in [2.75, 3.05) is 5.32 Å². The van der Waals surface area contributed by atoms with Crippen molar-refractivity contribution in [2.24, 2.45) is 0 Å². The summed E-state index contributed by atoms with van der Waals surface area (Å²) in [4.78, 5) is 12.3. The number of thioether (sulfide) groups is 1. The molecule has 6 nitrogen and oxygen atoms in total. The molecule has 1 amide bonds. The molecule has 142 valence electrons. The number of benzene rings is 1. The highest BCUT2D eigenvalue weighted by molar-refractivity contribution is 8.00. The zero-order valence-corrected chi connectivity index (χ0v) is 14.9. The van der Waals surface area contributed by atoms with Gasteiger partial charge in [0.25, 0.3) is 0 Å². The molecule has 0 saturated carbocycles. The van der Waals surface area contributed by atoms with Crippen molar-refractivity contribution in [3.8, 4) is 0 Å². The molecular weight excluding hydrogens is 381 g/mol. The Hall–Kier alpha value is -2.75. The maximum atomic E-state index is 12.6. The van der Waals surface area contributed by atoms with Gasteiger partial charge >= 0.3 is 6.18 Å². The Morgan fingerprint density at radius 3 is 2.67 bits per heavy atom. The van der Waals surface area contributed by atoms with Crippen molar-refractivity contribution >= 4 is 23.4 Å². The number of carbonyl (C=O) groups excluding carboxylic acids is 1. The maximum Gasteiger partial charge on any atom is 0.416 e. The zero-order chi connectivity index (χ0) is 19.4. The number of halogens is 3. The number of rotatable bonds is 6. The molecule has 1 N–H and O–H groups in total. The molecule has 0 aliphatic carbocycles. The second-order valence-electron chi connectivity index (χ2n) is 5.65. The van der Waals surface area contributed by atoms with E-state index in [2.05, 4.69) is 15.5 Å². The van der Waals surface area contributed by atoms with E-state index in [4.69, 9.17) is 4.42 Å². The van der Waals surface area contributed by atoms with E-state index >= 15 is 0 Å². The summed E-state index contributed by atoms with van der Waals surface area (Å²) < 4.78 is 44.8. The Balaban J connectivity index is 1.61. The second kappa shape index (κ2) is 7.87. The lowest BCUT2D eigenvalue weighted by Crippen LogP contribution is -2.23. The SMILES string of the molecule is CC(Sc1nncn1Cc1ccco1)C(=O)Nc1ccc(C(F)(F)F)cc1. The third kappa shape index (κ3) is 4.91. The van der Waals surface area contributed by atoms with Crippen molar-refractivity contribution in [1.82, 2.24) is 14.8 Å². The largest absolute Gasteiger partial charge is 0.467 e. The van der Waals surface area contributed by atoms with Gasteiger partial charge in [0.05, 0.1) is 23.6 Å². The molecule has 27 heavy (non-hydrogen) atoms. The summed E-state index contributed by atoms with van der Waals surface area (Å²) in [6, 6.07) is 7.87. The van der Waals surface area contributed by atoms with Gasteiger partial charge in [-0.1, -0.05) is 11.8 Å². The van der Waals surface area contributed by atoms with Crippen molar-refractivity contribution in [3.63, 3.8) is 0 Å². The van der Waals surface area contributed by atoms with Crippen LogP contribution in [-0.2, 0) is 17.5 Å². The fourth-order valence-corrected chi connectivity index (χ4v) is 3.04. The Labute approximate surface area is 156 Å². The van der Waals surface area contributed by atoms with Crippen LogP contribution < -0.4 is 5.32 Å². The molecule has 0 bridgehead atoms. The van der Waals surface area contributed by atoms with Crippen LogP contribution in [0.1, 0.15) is 18.2 Å². The van der Waals surface area contributed by atoms with Crippen LogP contribution in [0.5, 0.6) is 0 Å². The van der Waals surface area contributed by atoms with E-state index in [1.165, 1.54) is 30.2 Å². The summed E-state index contributed by atoms with van der Waals surface area (Å²) in [7, 11) is 0. The van der Waals surface area contributed by atoms with Crippen LogP contribution in [0.25, 0.3) is 0 Å². The molecule has 1 unspecified atom stereocenters. The maximum absolute atomic E-state index is 12.6. The molecule has 0 aliphatic heterocycles. The quantitative estimate of drug-likeness (QED) is 0.636. The highest BCUT2D eigenvalue weighted by atomic mass is 32.2. The number of alkyl halides is 3. The van der Waals surface area contributed by atoms with Gasteiger partial charge in [0, 0.05) is 5.69 Å². The molecule has 0 aliphatic rings. The highest BCUT2D eigenvalue weighted by Gasteiger charge is 2.30. The van der Waals surface area contributed by atoms with E-state index in [0.29, 0.717) is 11.7 Å². The number of furan rings is 1. The predicted octanol–water partition coefficient (Wildman–Crippen LogP) is 4.06. The first-order valence-electron chi connectivity index (χ1n) is 7.88. The van der Waals surface area contributed by atoms with Gasteiger partial charge in [0.15, 0.2) is 5.16 Å². The van der Waals surface area contributed by atoms with Crippen LogP contribution in [0.3, 0.4) is 0 Å². The molecule has 3 rings (SSSR count). The topological polar surface area (TPSA) is 73.0 Å². The predicted molar refractivity (Wildman–Crippen MR) is 93.2 cm³/mol. The number of amides is 1. The molecule has 1 aromatic carbocycles. The molecule has 2 aromatic heterocycles. The van der Waals surface area contributed by atoms with Gasteiger partial charge in [-0.2, -0.15) is 13.2 Å². The van der Waals surface area contributed by atoms with Crippen molar-refractivity contribution < 1.29 is 22.4 Å². The smallest absolute Gasteiger partial charge is 0.416 e. The minimum absolute atomic E-state index is 0.289. The molecule has 2 heterocycles. The molecule has 0 radical (unpaired) electrons. The average molecular weight is 396 g/mol. The van der Waals surface area contributed by atoms with Crippen LogP contribution in [0, 0.1) is 0 Å². The van der Waals surface area contributed by atoms with Gasteiger partial charge in [0.2, 0.25) is 5.91 Å². The van der Waals surface area contributed by atoms with E-state index in [1.54, 1.807) is 23.8 Å². The normalized spacial score (nSPS) is 12.7. The second-order valence-corrected chi connectivity index (χ2v) is 6.95. The lowest BCUT2D eigenvalue weighted by atomic mass is 10.2. The number of anilines is 1. The number of nitrogens with zero attached hydrogens (tertiary/aromatic N) is 3. The average Bonchev–Trinajstić information content (AvgIpc) is 3.27. The van der Waals surface area contributed by atoms with E-state index in [9.17, 15) is 18.0 Å². The lowest BCUT2D eigenvalue weighted by Gasteiger charge is -2.13. The monoisotopic (exact) mass is 396 g/mol. The Kier molecular flexibility index (Phi) is 5.54. The minimum Gasteiger partial charge on any atom is -0.467 e. The van der Waals surface area contributed by atoms with Crippen LogP contribution >= 0.6 is 11.8 Å². The Bertz CT molecular complexity index is 892. The number of hydrogen-bond acceptors (Lipinski definition) is 5. The number of aromatic nitrogens is 3. The molecule has 0 spiro atoms. The fourth-order valence-electron chi connectivity index (χ4n) is 2.21. The summed E-state index contributed by atoms with van der Waals surface area (Å²) in [6.45, 7) is 2.10. The van der Waals surface area contributed by atoms with Gasteiger partial charge < -0.3 is 14.3 Å². The van der Waals surface area contributed by atoms with Gasteiger partial charge in [-0.3, -0.25) is 4.79 Å². The third-order valence-electron chi connectivity index (χ3n) is 3.62. The molecule has 10 heteroatoms. The lowest BCUT2D eigenvalue weighted by molar-refractivity contribution is -0.137. The van der Waals surface area contributed by atoms with Crippen LogP contribution in [0.2, 0.25) is 0 Å².